The maximum absolute atomic E-state index is 9.80. The van der Waals surface area contributed by atoms with E-state index in [1.54, 1.807) is 6.08 Å². The summed E-state index contributed by atoms with van der Waals surface area (Å²) in [7, 11) is 0. The van der Waals surface area contributed by atoms with Crippen molar-refractivity contribution < 1.29 is 4.92 Å². The summed E-state index contributed by atoms with van der Waals surface area (Å²) in [6, 6.07) is 0. The summed E-state index contributed by atoms with van der Waals surface area (Å²) in [5.41, 5.74) is 0.145. The van der Waals surface area contributed by atoms with Crippen LogP contribution in [0.5, 0.6) is 0 Å². The van der Waals surface area contributed by atoms with Gasteiger partial charge >= 0.3 is 0 Å². The first-order valence-electron chi connectivity index (χ1n) is 3.22. The van der Waals surface area contributed by atoms with Crippen molar-refractivity contribution in [3.05, 3.63) is 22.4 Å². The van der Waals surface area contributed by atoms with E-state index in [-0.39, 0.29) is 5.41 Å². The molecule has 0 aliphatic carbocycles. The number of hydrogen-bond donors (Lipinski definition) is 0. The van der Waals surface area contributed by atoms with Gasteiger partial charge < -0.3 is 0 Å². The molecule has 3 nitrogen and oxygen atoms in total. The van der Waals surface area contributed by atoms with E-state index in [9.17, 15) is 10.1 Å². The van der Waals surface area contributed by atoms with Crippen LogP contribution in [-0.4, -0.2) is 4.92 Å². The lowest BCUT2D eigenvalue weighted by atomic mass is 9.92. The first-order chi connectivity index (χ1) is 4.42. The van der Waals surface area contributed by atoms with Crippen LogP contribution in [0, 0.1) is 15.5 Å². The zero-order valence-corrected chi connectivity index (χ0v) is 6.63. The summed E-state index contributed by atoms with van der Waals surface area (Å²) in [5, 5.41) is 9.80. The van der Waals surface area contributed by atoms with Gasteiger partial charge in [0.2, 0.25) is 6.20 Å². The standard InChI is InChI=1S/C7H13NO2/c1-7(2,3)5-4-6-8(9)10/h4,6H,5H2,1-3H3/b6-4+. The molecule has 0 radical (unpaired) electrons. The first kappa shape index (κ1) is 9.14. The van der Waals surface area contributed by atoms with Crippen LogP contribution in [0.4, 0.5) is 0 Å². The number of rotatable bonds is 2. The van der Waals surface area contributed by atoms with E-state index in [0.29, 0.717) is 0 Å². The van der Waals surface area contributed by atoms with E-state index >= 15 is 0 Å². The third kappa shape index (κ3) is 7.14. The van der Waals surface area contributed by atoms with E-state index in [0.717, 1.165) is 12.6 Å². The van der Waals surface area contributed by atoms with Crippen molar-refractivity contribution >= 4 is 0 Å². The van der Waals surface area contributed by atoms with Crippen LogP contribution >= 0.6 is 0 Å². The molecular weight excluding hydrogens is 130 g/mol. The molecule has 0 amide bonds. The van der Waals surface area contributed by atoms with Crippen LogP contribution in [0.15, 0.2) is 12.3 Å². The summed E-state index contributed by atoms with van der Waals surface area (Å²) in [4.78, 5) is 9.37. The van der Waals surface area contributed by atoms with Gasteiger partial charge in [-0.2, -0.15) is 0 Å². The van der Waals surface area contributed by atoms with Crippen molar-refractivity contribution in [1.29, 1.82) is 0 Å². The molecule has 3 heteroatoms. The van der Waals surface area contributed by atoms with Gasteiger partial charge in [0, 0.05) is 0 Å². The van der Waals surface area contributed by atoms with Gasteiger partial charge in [-0.15, -0.1) is 0 Å². The monoisotopic (exact) mass is 143 g/mol. The minimum absolute atomic E-state index is 0.145. The smallest absolute Gasteiger partial charge is 0.230 e. The van der Waals surface area contributed by atoms with E-state index in [2.05, 4.69) is 0 Å². The van der Waals surface area contributed by atoms with Crippen molar-refractivity contribution in [2.45, 2.75) is 27.2 Å². The second kappa shape index (κ2) is 3.34. The molecule has 0 fully saturated rings. The van der Waals surface area contributed by atoms with Gasteiger partial charge in [-0.3, -0.25) is 10.1 Å². The van der Waals surface area contributed by atoms with Crippen LogP contribution in [0.3, 0.4) is 0 Å². The molecule has 0 saturated heterocycles. The molecule has 0 aromatic carbocycles. The number of nitrogens with zero attached hydrogens (tertiary/aromatic N) is 1. The average Bonchev–Trinajstić information content (AvgIpc) is 1.59. The Hall–Kier alpha value is -0.860. The second-order valence-electron chi connectivity index (χ2n) is 3.43. The Morgan fingerprint density at radius 1 is 1.50 bits per heavy atom. The molecular formula is C7H13NO2. The fraction of sp³-hybridized carbons (Fsp3) is 0.714. The molecule has 0 aromatic heterocycles. The van der Waals surface area contributed by atoms with Crippen molar-refractivity contribution in [2.24, 2.45) is 5.41 Å². The summed E-state index contributed by atoms with van der Waals surface area (Å²) in [5.74, 6) is 0. The molecule has 0 rings (SSSR count). The molecule has 0 unspecified atom stereocenters. The Morgan fingerprint density at radius 2 is 2.00 bits per heavy atom. The molecule has 0 aromatic rings. The summed E-state index contributed by atoms with van der Waals surface area (Å²) in [6.45, 7) is 6.12. The quantitative estimate of drug-likeness (QED) is 0.439. The van der Waals surface area contributed by atoms with Gasteiger partial charge in [-0.05, 0) is 17.9 Å². The minimum atomic E-state index is -0.439. The van der Waals surface area contributed by atoms with Gasteiger partial charge in [0.05, 0.1) is 4.92 Å². The molecule has 0 aliphatic heterocycles. The lowest BCUT2D eigenvalue weighted by Crippen LogP contribution is -2.02. The van der Waals surface area contributed by atoms with Crippen LogP contribution in [0.25, 0.3) is 0 Å². The maximum atomic E-state index is 9.80. The third-order valence-electron chi connectivity index (χ3n) is 0.957. The fourth-order valence-electron chi connectivity index (χ4n) is 0.492. The van der Waals surface area contributed by atoms with Gasteiger partial charge in [0.25, 0.3) is 0 Å². The lowest BCUT2D eigenvalue weighted by Gasteiger charge is -2.13. The third-order valence-corrected chi connectivity index (χ3v) is 0.957. The number of allylic oxidation sites excluding steroid dienone is 1. The van der Waals surface area contributed by atoms with Crippen LogP contribution in [-0.2, 0) is 0 Å². The predicted octanol–water partition coefficient (Wildman–Crippen LogP) is 2.21. The van der Waals surface area contributed by atoms with Crippen molar-refractivity contribution in [1.82, 2.24) is 0 Å². The first-order valence-corrected chi connectivity index (χ1v) is 3.22. The highest BCUT2D eigenvalue weighted by molar-refractivity contribution is 4.79. The fourth-order valence-corrected chi connectivity index (χ4v) is 0.492. The summed E-state index contributed by atoms with van der Waals surface area (Å²) >= 11 is 0. The Morgan fingerprint density at radius 3 is 2.30 bits per heavy atom. The molecule has 10 heavy (non-hydrogen) atoms. The molecule has 0 atom stereocenters. The molecule has 0 saturated carbocycles. The molecule has 0 spiro atoms. The lowest BCUT2D eigenvalue weighted by molar-refractivity contribution is -0.402. The molecule has 0 aliphatic rings. The Kier molecular flexibility index (Phi) is 3.06. The molecule has 0 heterocycles. The molecule has 0 N–H and O–H groups in total. The molecule has 0 bridgehead atoms. The summed E-state index contributed by atoms with van der Waals surface area (Å²) < 4.78 is 0. The zero-order chi connectivity index (χ0) is 8.20. The minimum Gasteiger partial charge on any atom is -0.259 e. The van der Waals surface area contributed by atoms with Crippen LogP contribution in [0.2, 0.25) is 0 Å². The van der Waals surface area contributed by atoms with Gasteiger partial charge in [0.15, 0.2) is 0 Å². The predicted molar refractivity (Wildman–Crippen MR) is 40.2 cm³/mol. The number of nitro groups is 1. The average molecular weight is 143 g/mol. The Balaban J connectivity index is 3.64. The van der Waals surface area contributed by atoms with Crippen molar-refractivity contribution in [3.63, 3.8) is 0 Å². The highest BCUT2D eigenvalue weighted by atomic mass is 16.6. The maximum Gasteiger partial charge on any atom is 0.230 e. The second-order valence-corrected chi connectivity index (χ2v) is 3.43. The van der Waals surface area contributed by atoms with Gasteiger partial charge in [-0.1, -0.05) is 20.8 Å². The van der Waals surface area contributed by atoms with Crippen LogP contribution in [0.1, 0.15) is 27.2 Å². The zero-order valence-electron chi connectivity index (χ0n) is 6.63. The topological polar surface area (TPSA) is 43.1 Å². The van der Waals surface area contributed by atoms with Crippen LogP contribution < -0.4 is 0 Å². The SMILES string of the molecule is CC(C)(C)C/C=C/[N+](=O)[O-]. The summed E-state index contributed by atoms with van der Waals surface area (Å²) in [6.07, 6.45) is 3.32. The normalized spacial score (nSPS) is 12.3. The largest absolute Gasteiger partial charge is 0.259 e. The highest BCUT2D eigenvalue weighted by Crippen LogP contribution is 2.18. The van der Waals surface area contributed by atoms with Crippen molar-refractivity contribution in [2.75, 3.05) is 0 Å². The Bertz CT molecular complexity index is 144. The van der Waals surface area contributed by atoms with E-state index in [4.69, 9.17) is 0 Å². The molecule has 58 valence electrons. The highest BCUT2D eigenvalue weighted by Gasteiger charge is 2.07. The van der Waals surface area contributed by atoms with E-state index < -0.39 is 4.92 Å². The van der Waals surface area contributed by atoms with E-state index in [1.807, 2.05) is 20.8 Å². The van der Waals surface area contributed by atoms with Gasteiger partial charge in [-0.25, -0.2) is 0 Å². The van der Waals surface area contributed by atoms with Crippen molar-refractivity contribution in [3.8, 4) is 0 Å². The van der Waals surface area contributed by atoms with Gasteiger partial charge in [0.1, 0.15) is 0 Å². The Labute approximate surface area is 60.9 Å². The van der Waals surface area contributed by atoms with E-state index in [1.165, 1.54) is 0 Å². The number of hydrogen-bond acceptors (Lipinski definition) is 2.